The van der Waals surface area contributed by atoms with Crippen LogP contribution in [-0.4, -0.2) is 41.5 Å². The van der Waals surface area contributed by atoms with Crippen molar-refractivity contribution in [1.82, 2.24) is 9.80 Å². The highest BCUT2D eigenvalue weighted by Crippen LogP contribution is 2.33. The van der Waals surface area contributed by atoms with Crippen LogP contribution in [0.1, 0.15) is 38.3 Å². The van der Waals surface area contributed by atoms with Crippen molar-refractivity contribution in [2.75, 3.05) is 19.9 Å². The number of hydrogen-bond acceptors (Lipinski definition) is 6. The predicted molar refractivity (Wildman–Crippen MR) is 145 cm³/mol. The van der Waals surface area contributed by atoms with Crippen LogP contribution in [0.5, 0.6) is 11.5 Å². The van der Waals surface area contributed by atoms with E-state index in [1.54, 1.807) is 36.4 Å². The van der Waals surface area contributed by atoms with Crippen LogP contribution >= 0.6 is 11.6 Å². The Morgan fingerprint density at radius 2 is 1.79 bits per heavy atom. The lowest BCUT2D eigenvalue weighted by molar-refractivity contribution is -0.141. The summed E-state index contributed by atoms with van der Waals surface area (Å²) in [6.45, 7) is 10.0. The third-order valence-electron chi connectivity index (χ3n) is 6.04. The molecule has 0 fully saturated rings. The Bertz CT molecular complexity index is 1420. The van der Waals surface area contributed by atoms with Gasteiger partial charge in [0.05, 0.1) is 23.8 Å². The summed E-state index contributed by atoms with van der Waals surface area (Å²) in [5.74, 6) is 0.748. The van der Waals surface area contributed by atoms with E-state index < -0.39 is 0 Å². The van der Waals surface area contributed by atoms with Crippen molar-refractivity contribution in [2.45, 2.75) is 40.3 Å². The monoisotopic (exact) mass is 538 g/mol. The number of rotatable bonds is 9. The fourth-order valence-electron chi connectivity index (χ4n) is 4.19. The first kappa shape index (κ1) is 27.3. The van der Waals surface area contributed by atoms with Crippen molar-refractivity contribution in [1.29, 1.82) is 0 Å². The zero-order valence-corrected chi connectivity index (χ0v) is 22.5. The first-order chi connectivity index (χ1) is 18.0. The van der Waals surface area contributed by atoms with Crippen LogP contribution < -0.4 is 14.9 Å². The normalized spacial score (nSPS) is 12.4. The van der Waals surface area contributed by atoms with Gasteiger partial charge in [0.1, 0.15) is 12.1 Å². The molecule has 2 aromatic carbocycles. The van der Waals surface area contributed by atoms with Crippen LogP contribution in [0.2, 0.25) is 5.02 Å². The van der Waals surface area contributed by atoms with Gasteiger partial charge < -0.3 is 23.7 Å². The smallest absolute Gasteiger partial charge is 0.242 e. The Hall–Kier alpha value is -3.78. The summed E-state index contributed by atoms with van der Waals surface area (Å²) in [7, 11) is 0. The number of carbonyl (C=O) groups excluding carboxylic acids is 2. The van der Waals surface area contributed by atoms with Gasteiger partial charge in [-0.15, -0.1) is 6.58 Å². The number of nitrogens with zero attached hydrogens (tertiary/aromatic N) is 2. The van der Waals surface area contributed by atoms with Crippen LogP contribution in [0.15, 0.2) is 64.5 Å². The summed E-state index contributed by atoms with van der Waals surface area (Å²) in [4.78, 5) is 42.9. The average Bonchev–Trinajstić information content (AvgIpc) is 3.32. The number of benzene rings is 2. The maximum atomic E-state index is 13.7. The summed E-state index contributed by atoms with van der Waals surface area (Å²) in [6.07, 6.45) is 3.24. The second-order valence-corrected chi connectivity index (χ2v) is 10.9. The summed E-state index contributed by atoms with van der Waals surface area (Å²) < 4.78 is 16.5. The zero-order valence-electron chi connectivity index (χ0n) is 21.8. The number of amides is 2. The molecule has 3 aromatic rings. The maximum absolute atomic E-state index is 13.7. The number of fused-ring (bicyclic) bond motifs is 2. The molecule has 1 aliphatic rings. The molecule has 0 unspecified atom stereocenters. The quantitative estimate of drug-likeness (QED) is 0.350. The Kier molecular flexibility index (Phi) is 8.11. The number of carbonyl (C=O) groups is 2. The van der Waals surface area contributed by atoms with Crippen molar-refractivity contribution in [3.8, 4) is 11.5 Å². The summed E-state index contributed by atoms with van der Waals surface area (Å²) in [5, 5.41) is 0.742. The SMILES string of the molecule is C=CCN(CC(=O)N(Cc1ccc2c(c1)OCO2)Cc1coc2ccc(Cl)cc2c1=O)C(=O)CC(C)(C)C. The predicted octanol–water partition coefficient (Wildman–Crippen LogP) is 5.15. The van der Waals surface area contributed by atoms with E-state index in [0.717, 1.165) is 5.56 Å². The third kappa shape index (κ3) is 6.55. The van der Waals surface area contributed by atoms with Gasteiger partial charge in [-0.05, 0) is 41.3 Å². The van der Waals surface area contributed by atoms with Crippen molar-refractivity contribution in [3.63, 3.8) is 0 Å². The molecule has 0 saturated carbocycles. The molecule has 0 N–H and O–H groups in total. The van der Waals surface area contributed by atoms with Crippen LogP contribution in [-0.2, 0) is 22.7 Å². The lowest BCUT2D eigenvalue weighted by Crippen LogP contribution is -2.43. The summed E-state index contributed by atoms with van der Waals surface area (Å²) >= 11 is 6.10. The molecule has 0 radical (unpaired) electrons. The molecule has 2 amide bonds. The lowest BCUT2D eigenvalue weighted by Gasteiger charge is -2.29. The van der Waals surface area contributed by atoms with E-state index in [4.69, 9.17) is 25.5 Å². The fraction of sp³-hybridized carbons (Fsp3) is 0.345. The highest BCUT2D eigenvalue weighted by Gasteiger charge is 2.26. The first-order valence-corrected chi connectivity index (χ1v) is 12.7. The molecule has 38 heavy (non-hydrogen) atoms. The minimum Gasteiger partial charge on any atom is -0.464 e. The van der Waals surface area contributed by atoms with Crippen LogP contribution in [0, 0.1) is 5.41 Å². The van der Waals surface area contributed by atoms with Gasteiger partial charge in [0.2, 0.25) is 18.6 Å². The van der Waals surface area contributed by atoms with E-state index in [1.807, 2.05) is 26.8 Å². The average molecular weight is 539 g/mol. The molecule has 0 atom stereocenters. The van der Waals surface area contributed by atoms with Gasteiger partial charge in [0.25, 0.3) is 0 Å². The van der Waals surface area contributed by atoms with Gasteiger partial charge in [-0.25, -0.2) is 0 Å². The number of ether oxygens (including phenoxy) is 2. The molecule has 200 valence electrons. The molecular formula is C29H31ClN2O6. The highest BCUT2D eigenvalue weighted by molar-refractivity contribution is 6.31. The van der Waals surface area contributed by atoms with E-state index in [9.17, 15) is 14.4 Å². The molecule has 0 spiro atoms. The Morgan fingerprint density at radius 1 is 1.03 bits per heavy atom. The van der Waals surface area contributed by atoms with Crippen molar-refractivity contribution in [2.24, 2.45) is 5.41 Å². The van der Waals surface area contributed by atoms with Gasteiger partial charge in [-0.2, -0.15) is 0 Å². The molecule has 1 aromatic heterocycles. The van der Waals surface area contributed by atoms with Gasteiger partial charge in [0.15, 0.2) is 16.9 Å². The van der Waals surface area contributed by atoms with Crippen molar-refractivity contribution >= 4 is 34.4 Å². The molecule has 0 aliphatic carbocycles. The molecule has 0 bridgehead atoms. The van der Waals surface area contributed by atoms with Gasteiger partial charge in [-0.1, -0.05) is 44.5 Å². The largest absolute Gasteiger partial charge is 0.464 e. The van der Waals surface area contributed by atoms with Crippen LogP contribution in [0.3, 0.4) is 0 Å². The Labute approximate surface area is 226 Å². The van der Waals surface area contributed by atoms with E-state index in [1.165, 1.54) is 16.1 Å². The zero-order chi connectivity index (χ0) is 27.4. The minimum absolute atomic E-state index is 0.0204. The molecule has 2 heterocycles. The highest BCUT2D eigenvalue weighted by atomic mass is 35.5. The Balaban J connectivity index is 1.64. The van der Waals surface area contributed by atoms with Gasteiger partial charge in [-0.3, -0.25) is 14.4 Å². The van der Waals surface area contributed by atoms with Crippen LogP contribution in [0.4, 0.5) is 0 Å². The summed E-state index contributed by atoms with van der Waals surface area (Å²) in [5.41, 5.74) is 0.972. The van der Waals surface area contributed by atoms with Gasteiger partial charge >= 0.3 is 0 Å². The molecule has 9 heteroatoms. The molecule has 4 rings (SSSR count). The molecule has 8 nitrogen and oxygen atoms in total. The third-order valence-corrected chi connectivity index (χ3v) is 6.28. The van der Waals surface area contributed by atoms with Crippen molar-refractivity contribution < 1.29 is 23.5 Å². The Morgan fingerprint density at radius 3 is 2.53 bits per heavy atom. The second kappa shape index (κ2) is 11.3. The summed E-state index contributed by atoms with van der Waals surface area (Å²) in [6, 6.07) is 10.2. The van der Waals surface area contributed by atoms with E-state index in [-0.39, 0.29) is 62.1 Å². The standard InChI is InChI=1S/C29H31ClN2O6/c1-5-10-31(26(33)13-29(2,3)4)16-27(34)32(14-19-6-8-24-25(11-19)38-18-37-24)15-20-17-36-23-9-7-21(30)12-22(23)28(20)35/h5-9,11-12,17H,1,10,13-16,18H2,2-4H3. The van der Waals surface area contributed by atoms with E-state index >= 15 is 0 Å². The van der Waals surface area contributed by atoms with Gasteiger partial charge in [0, 0.05) is 24.5 Å². The molecular weight excluding hydrogens is 508 g/mol. The molecule has 1 aliphatic heterocycles. The minimum atomic E-state index is -0.322. The van der Waals surface area contributed by atoms with Crippen molar-refractivity contribution in [3.05, 3.63) is 81.7 Å². The fourth-order valence-corrected chi connectivity index (χ4v) is 4.36. The maximum Gasteiger partial charge on any atom is 0.242 e. The topological polar surface area (TPSA) is 89.3 Å². The van der Waals surface area contributed by atoms with E-state index in [0.29, 0.717) is 33.1 Å². The molecule has 0 saturated heterocycles. The first-order valence-electron chi connectivity index (χ1n) is 12.3. The van der Waals surface area contributed by atoms with Crippen LogP contribution in [0.25, 0.3) is 11.0 Å². The van der Waals surface area contributed by atoms with E-state index in [2.05, 4.69) is 6.58 Å². The second-order valence-electron chi connectivity index (χ2n) is 10.5. The number of halogens is 1. The number of hydrogen-bond donors (Lipinski definition) is 0. The lowest BCUT2D eigenvalue weighted by atomic mass is 9.91.